The predicted octanol–water partition coefficient (Wildman–Crippen LogP) is 2.45. The molecule has 0 spiro atoms. The van der Waals surface area contributed by atoms with Crippen LogP contribution in [0.5, 0.6) is 17.4 Å². The van der Waals surface area contributed by atoms with Crippen molar-refractivity contribution in [1.29, 1.82) is 0 Å². The summed E-state index contributed by atoms with van der Waals surface area (Å²) < 4.78 is 24.0. The number of hydrogen-bond acceptors (Lipinski definition) is 8. The zero-order valence-corrected chi connectivity index (χ0v) is 21.4. The summed E-state index contributed by atoms with van der Waals surface area (Å²) >= 11 is 0. The van der Waals surface area contributed by atoms with Gasteiger partial charge in [-0.15, -0.1) is 0 Å². The Hall–Kier alpha value is -4.12. The summed E-state index contributed by atoms with van der Waals surface area (Å²) in [4.78, 5) is 31.4. The summed E-state index contributed by atoms with van der Waals surface area (Å²) in [6, 6.07) is 11.3. The summed E-state index contributed by atoms with van der Waals surface area (Å²) in [5.41, 5.74) is 1.67. The molecular formula is C27H31N5O6. The van der Waals surface area contributed by atoms with Crippen molar-refractivity contribution in [3.8, 4) is 17.4 Å². The van der Waals surface area contributed by atoms with Crippen molar-refractivity contribution in [3.05, 3.63) is 60.6 Å². The number of aryl methyl sites for hydroxylation is 1. The second-order valence-corrected chi connectivity index (χ2v) is 9.40. The number of rotatable bonds is 10. The number of pyridine rings is 1. The van der Waals surface area contributed by atoms with E-state index in [1.165, 1.54) is 23.6 Å². The number of nitrogens with one attached hydrogen (secondary N) is 1. The minimum absolute atomic E-state index is 0.0402. The third-order valence-corrected chi connectivity index (χ3v) is 6.60. The smallest absolute Gasteiger partial charge is 0.253 e. The molecule has 1 N–H and O–H groups in total. The Kier molecular flexibility index (Phi) is 7.73. The van der Waals surface area contributed by atoms with Crippen molar-refractivity contribution in [1.82, 2.24) is 19.7 Å². The van der Waals surface area contributed by atoms with Crippen LogP contribution < -0.4 is 19.5 Å². The lowest BCUT2D eigenvalue weighted by molar-refractivity contribution is -0.141. The quantitative estimate of drug-likeness (QED) is 0.433. The Morgan fingerprint density at radius 2 is 2.03 bits per heavy atom. The van der Waals surface area contributed by atoms with Gasteiger partial charge in [-0.3, -0.25) is 14.3 Å². The molecule has 38 heavy (non-hydrogen) atoms. The number of carbonyl (C=O) groups is 2. The van der Waals surface area contributed by atoms with Gasteiger partial charge < -0.3 is 29.2 Å². The van der Waals surface area contributed by atoms with E-state index in [1.807, 2.05) is 31.2 Å². The highest BCUT2D eigenvalue weighted by atomic mass is 16.6. The largest absolute Gasteiger partial charge is 0.491 e. The second kappa shape index (κ2) is 11.5. The molecule has 2 aliphatic heterocycles. The van der Waals surface area contributed by atoms with E-state index in [4.69, 9.17) is 18.9 Å². The number of likely N-dealkylation sites (tertiary alicyclic amines) is 1. The Morgan fingerprint density at radius 3 is 2.79 bits per heavy atom. The number of aromatic nitrogens is 3. The molecule has 2 aliphatic rings. The van der Waals surface area contributed by atoms with Crippen molar-refractivity contribution < 1.29 is 28.5 Å². The van der Waals surface area contributed by atoms with E-state index in [2.05, 4.69) is 15.4 Å². The molecule has 3 atom stereocenters. The molecule has 2 saturated heterocycles. The Balaban J connectivity index is 1.06. The van der Waals surface area contributed by atoms with E-state index in [0.29, 0.717) is 43.5 Å². The van der Waals surface area contributed by atoms with E-state index in [1.54, 1.807) is 29.4 Å². The Bertz CT molecular complexity index is 1260. The van der Waals surface area contributed by atoms with Crippen LogP contribution in [0.25, 0.3) is 0 Å². The van der Waals surface area contributed by atoms with Crippen LogP contribution in [0.15, 0.2) is 55.0 Å². The zero-order chi connectivity index (χ0) is 26.5. The maximum Gasteiger partial charge on any atom is 0.253 e. The molecule has 5 rings (SSSR count). The number of carbonyl (C=O) groups excluding carboxylic acids is 2. The molecule has 3 aromatic rings. The monoisotopic (exact) mass is 521 g/mol. The summed E-state index contributed by atoms with van der Waals surface area (Å²) in [7, 11) is 1.54. The van der Waals surface area contributed by atoms with Gasteiger partial charge in [-0.05, 0) is 31.5 Å². The molecule has 2 aromatic heterocycles. The van der Waals surface area contributed by atoms with Crippen molar-refractivity contribution in [2.45, 2.75) is 44.6 Å². The predicted molar refractivity (Wildman–Crippen MR) is 137 cm³/mol. The van der Waals surface area contributed by atoms with E-state index < -0.39 is 6.10 Å². The zero-order valence-electron chi connectivity index (χ0n) is 21.4. The normalized spacial score (nSPS) is 20.5. The number of nitrogens with zero attached hydrogens (tertiary/aromatic N) is 4. The number of benzene rings is 1. The van der Waals surface area contributed by atoms with E-state index >= 15 is 0 Å². The van der Waals surface area contributed by atoms with Gasteiger partial charge in [-0.25, -0.2) is 4.98 Å². The van der Waals surface area contributed by atoms with Gasteiger partial charge in [-0.2, -0.15) is 5.10 Å². The highest BCUT2D eigenvalue weighted by Crippen LogP contribution is 2.24. The summed E-state index contributed by atoms with van der Waals surface area (Å²) in [5.74, 6) is 1.52. The molecule has 0 radical (unpaired) electrons. The highest BCUT2D eigenvalue weighted by molar-refractivity contribution is 5.94. The first kappa shape index (κ1) is 25.5. The van der Waals surface area contributed by atoms with Gasteiger partial charge in [0, 0.05) is 31.4 Å². The first-order chi connectivity index (χ1) is 18.5. The van der Waals surface area contributed by atoms with Crippen molar-refractivity contribution in [3.63, 3.8) is 0 Å². The van der Waals surface area contributed by atoms with Crippen LogP contribution in [0.3, 0.4) is 0 Å². The van der Waals surface area contributed by atoms with Gasteiger partial charge in [0.1, 0.15) is 36.9 Å². The average Bonchev–Trinajstić information content (AvgIpc) is 3.54. The summed E-state index contributed by atoms with van der Waals surface area (Å²) in [6.45, 7) is 3.55. The van der Waals surface area contributed by atoms with E-state index in [9.17, 15) is 9.59 Å². The molecule has 1 aromatic carbocycles. The van der Waals surface area contributed by atoms with Gasteiger partial charge in [0.05, 0.1) is 31.6 Å². The molecule has 200 valence electrons. The minimum atomic E-state index is -0.649. The van der Waals surface area contributed by atoms with Crippen molar-refractivity contribution >= 4 is 17.5 Å². The summed E-state index contributed by atoms with van der Waals surface area (Å²) in [5, 5.41) is 7.04. The molecule has 4 heterocycles. The first-order valence-electron chi connectivity index (χ1n) is 12.6. The number of hydrogen-bond donors (Lipinski definition) is 1. The third-order valence-electron chi connectivity index (χ3n) is 6.60. The number of amides is 2. The van der Waals surface area contributed by atoms with Gasteiger partial charge in [0.25, 0.3) is 5.91 Å². The van der Waals surface area contributed by atoms with Crippen LogP contribution in [-0.4, -0.2) is 76.6 Å². The van der Waals surface area contributed by atoms with Crippen LogP contribution in [0, 0.1) is 6.92 Å². The molecule has 0 aliphatic carbocycles. The molecule has 11 nitrogen and oxygen atoms in total. The molecule has 11 heteroatoms. The number of anilines is 1. The summed E-state index contributed by atoms with van der Waals surface area (Å²) in [6.07, 6.45) is 5.15. The fourth-order valence-electron chi connectivity index (χ4n) is 4.37. The lowest BCUT2D eigenvalue weighted by atomic mass is 10.0. The maximum absolute atomic E-state index is 12.8. The lowest BCUT2D eigenvalue weighted by Crippen LogP contribution is -2.54. The highest BCUT2D eigenvalue weighted by Gasteiger charge is 2.34. The molecular weight excluding hydrogens is 490 g/mol. The fraction of sp³-hybridized carbons (Fsp3) is 0.407. The van der Waals surface area contributed by atoms with Crippen LogP contribution in [0.4, 0.5) is 5.69 Å². The molecule has 0 saturated carbocycles. The molecule has 1 unspecified atom stereocenters. The SMILES string of the molecule is COc1cc(O[C@@H]2CO[C@@H](C(=O)Nc3cnn(CC(=O)N4CCC4COc4ccc(C)cc4)c3)C2)ccn1. The van der Waals surface area contributed by atoms with E-state index in [-0.39, 0.29) is 30.5 Å². The first-order valence-corrected chi connectivity index (χ1v) is 12.6. The average molecular weight is 522 g/mol. The van der Waals surface area contributed by atoms with Gasteiger partial charge in [0.2, 0.25) is 11.8 Å². The topological polar surface area (TPSA) is 117 Å². The van der Waals surface area contributed by atoms with Gasteiger partial charge in [-0.1, -0.05) is 17.7 Å². The fourth-order valence-corrected chi connectivity index (χ4v) is 4.37. The standard InChI is InChI=1S/C27H31N5O6/c1-18-3-5-21(6-4-18)36-16-20-8-10-32(20)26(33)15-31-14-19(13-29-31)30-27(34)24-11-23(17-37-24)38-22-7-9-28-25(12-22)35-2/h3-7,9,12-14,20,23-24H,8,10-11,15-17H2,1-2H3,(H,30,34)/t20?,23-,24+/m0/s1. The van der Waals surface area contributed by atoms with Crippen LogP contribution in [0.2, 0.25) is 0 Å². The molecule has 2 amide bonds. The molecule has 0 bridgehead atoms. The van der Waals surface area contributed by atoms with Crippen LogP contribution in [-0.2, 0) is 20.9 Å². The van der Waals surface area contributed by atoms with E-state index in [0.717, 1.165) is 12.2 Å². The Morgan fingerprint density at radius 1 is 1.18 bits per heavy atom. The van der Waals surface area contributed by atoms with Crippen LogP contribution in [0.1, 0.15) is 18.4 Å². The number of methoxy groups -OCH3 is 1. The van der Waals surface area contributed by atoms with Crippen LogP contribution >= 0.6 is 0 Å². The van der Waals surface area contributed by atoms with Crippen molar-refractivity contribution in [2.24, 2.45) is 0 Å². The molecule has 2 fully saturated rings. The number of ether oxygens (including phenoxy) is 4. The van der Waals surface area contributed by atoms with Gasteiger partial charge >= 0.3 is 0 Å². The van der Waals surface area contributed by atoms with Gasteiger partial charge in [0.15, 0.2) is 0 Å². The Labute approximate surface area is 220 Å². The van der Waals surface area contributed by atoms with Crippen molar-refractivity contribution in [2.75, 3.05) is 32.2 Å². The second-order valence-electron chi connectivity index (χ2n) is 9.40. The maximum atomic E-state index is 12.8. The lowest BCUT2D eigenvalue weighted by Gasteiger charge is -2.40. The third kappa shape index (κ3) is 6.23. The minimum Gasteiger partial charge on any atom is -0.491 e.